The predicted molar refractivity (Wildman–Crippen MR) is 90.2 cm³/mol. The van der Waals surface area contributed by atoms with E-state index in [0.29, 0.717) is 5.02 Å². The molecular weight excluding hydrogens is 305 g/mol. The number of benzene rings is 1. The van der Waals surface area contributed by atoms with Crippen molar-refractivity contribution in [2.24, 2.45) is 0 Å². The fourth-order valence-corrected chi connectivity index (χ4v) is 2.51. The SMILES string of the molecule is CCNCc1cnc(N(C)Cc2ccc(Cl)cc2)c(Cl)c1. The molecule has 0 unspecified atom stereocenters. The van der Waals surface area contributed by atoms with E-state index in [1.165, 1.54) is 0 Å². The standard InChI is InChI=1S/C16H19Cl2N3/c1-3-19-9-13-8-15(18)16(20-10-13)21(2)11-12-4-6-14(17)7-5-12/h4-8,10,19H,3,9,11H2,1-2H3. The van der Waals surface area contributed by atoms with E-state index in [-0.39, 0.29) is 0 Å². The van der Waals surface area contributed by atoms with Crippen LogP contribution in [-0.2, 0) is 13.1 Å². The van der Waals surface area contributed by atoms with E-state index >= 15 is 0 Å². The lowest BCUT2D eigenvalue weighted by Crippen LogP contribution is -2.18. The number of pyridine rings is 1. The largest absolute Gasteiger partial charge is 0.354 e. The van der Waals surface area contributed by atoms with Crippen LogP contribution in [0.25, 0.3) is 0 Å². The molecule has 0 fully saturated rings. The number of rotatable bonds is 6. The van der Waals surface area contributed by atoms with Gasteiger partial charge < -0.3 is 10.2 Å². The summed E-state index contributed by atoms with van der Waals surface area (Å²) in [6, 6.07) is 9.75. The van der Waals surface area contributed by atoms with Gasteiger partial charge in [-0.15, -0.1) is 0 Å². The van der Waals surface area contributed by atoms with Crippen LogP contribution in [0, 0.1) is 0 Å². The molecule has 2 rings (SSSR count). The molecule has 3 nitrogen and oxygen atoms in total. The number of nitrogens with zero attached hydrogens (tertiary/aromatic N) is 2. The highest BCUT2D eigenvalue weighted by molar-refractivity contribution is 6.33. The molecule has 5 heteroatoms. The van der Waals surface area contributed by atoms with E-state index in [9.17, 15) is 0 Å². The maximum absolute atomic E-state index is 6.34. The third-order valence-electron chi connectivity index (χ3n) is 3.15. The average molecular weight is 324 g/mol. The summed E-state index contributed by atoms with van der Waals surface area (Å²) < 4.78 is 0. The molecule has 1 N–H and O–H groups in total. The Kier molecular flexibility index (Phi) is 5.85. The zero-order valence-corrected chi connectivity index (χ0v) is 13.7. The highest BCUT2D eigenvalue weighted by Crippen LogP contribution is 2.24. The molecular formula is C16H19Cl2N3. The van der Waals surface area contributed by atoms with E-state index < -0.39 is 0 Å². The summed E-state index contributed by atoms with van der Waals surface area (Å²) in [5.74, 6) is 0.784. The van der Waals surface area contributed by atoms with Gasteiger partial charge in [-0.1, -0.05) is 42.3 Å². The summed E-state index contributed by atoms with van der Waals surface area (Å²) in [4.78, 5) is 6.50. The lowest BCUT2D eigenvalue weighted by atomic mass is 10.2. The number of halogens is 2. The van der Waals surface area contributed by atoms with Crippen molar-refractivity contribution in [3.8, 4) is 0 Å². The highest BCUT2D eigenvalue weighted by Gasteiger charge is 2.09. The zero-order chi connectivity index (χ0) is 15.2. The Morgan fingerprint density at radius 2 is 1.86 bits per heavy atom. The van der Waals surface area contributed by atoms with Gasteiger partial charge in [-0.25, -0.2) is 4.98 Å². The number of aromatic nitrogens is 1. The Bertz CT molecular complexity index is 585. The molecule has 0 amide bonds. The smallest absolute Gasteiger partial charge is 0.147 e. The normalized spacial score (nSPS) is 10.7. The van der Waals surface area contributed by atoms with Crippen LogP contribution in [0.15, 0.2) is 36.5 Å². The van der Waals surface area contributed by atoms with Crippen LogP contribution in [0.1, 0.15) is 18.1 Å². The Hall–Kier alpha value is -1.29. The van der Waals surface area contributed by atoms with E-state index in [2.05, 4.69) is 17.2 Å². The van der Waals surface area contributed by atoms with Gasteiger partial charge in [-0.3, -0.25) is 0 Å². The Balaban J connectivity index is 2.08. The molecule has 1 aromatic carbocycles. The molecule has 21 heavy (non-hydrogen) atoms. The van der Waals surface area contributed by atoms with Gasteiger partial charge in [0.1, 0.15) is 5.82 Å². The molecule has 0 spiro atoms. The van der Waals surface area contributed by atoms with Gasteiger partial charge in [0.25, 0.3) is 0 Å². The van der Waals surface area contributed by atoms with Gasteiger partial charge in [0.2, 0.25) is 0 Å². The van der Waals surface area contributed by atoms with Gasteiger partial charge >= 0.3 is 0 Å². The minimum Gasteiger partial charge on any atom is -0.354 e. The van der Waals surface area contributed by atoms with Crippen LogP contribution in [0.2, 0.25) is 10.0 Å². The van der Waals surface area contributed by atoms with Crippen molar-refractivity contribution in [3.63, 3.8) is 0 Å². The van der Waals surface area contributed by atoms with Gasteiger partial charge in [0.05, 0.1) is 5.02 Å². The molecule has 0 aliphatic rings. The second-order valence-electron chi connectivity index (χ2n) is 4.91. The predicted octanol–water partition coefficient (Wildman–Crippen LogP) is 4.13. The van der Waals surface area contributed by atoms with Gasteiger partial charge in [0, 0.05) is 31.4 Å². The first-order valence-electron chi connectivity index (χ1n) is 6.91. The van der Waals surface area contributed by atoms with E-state index in [1.807, 2.05) is 48.5 Å². The topological polar surface area (TPSA) is 28.2 Å². The van der Waals surface area contributed by atoms with Gasteiger partial charge in [0.15, 0.2) is 0 Å². The lowest BCUT2D eigenvalue weighted by Gasteiger charge is -2.20. The van der Waals surface area contributed by atoms with Crippen LogP contribution in [0.4, 0.5) is 5.82 Å². The van der Waals surface area contributed by atoms with Gasteiger partial charge in [-0.05, 0) is 35.9 Å². The quantitative estimate of drug-likeness (QED) is 0.866. The summed E-state index contributed by atoms with van der Waals surface area (Å²) in [5.41, 5.74) is 2.25. The molecule has 0 radical (unpaired) electrons. The molecule has 1 heterocycles. The highest BCUT2D eigenvalue weighted by atomic mass is 35.5. The van der Waals surface area contributed by atoms with Crippen molar-refractivity contribution in [1.82, 2.24) is 10.3 Å². The van der Waals surface area contributed by atoms with Crippen molar-refractivity contribution in [1.29, 1.82) is 0 Å². The van der Waals surface area contributed by atoms with Crippen molar-refractivity contribution in [2.75, 3.05) is 18.5 Å². The average Bonchev–Trinajstić information content (AvgIpc) is 2.47. The number of anilines is 1. The van der Waals surface area contributed by atoms with Crippen LogP contribution in [-0.4, -0.2) is 18.6 Å². The number of hydrogen-bond donors (Lipinski definition) is 1. The summed E-state index contributed by atoms with van der Waals surface area (Å²) >= 11 is 12.2. The van der Waals surface area contributed by atoms with Crippen LogP contribution in [0.5, 0.6) is 0 Å². The second-order valence-corrected chi connectivity index (χ2v) is 5.76. The number of nitrogens with one attached hydrogen (secondary N) is 1. The number of hydrogen-bond acceptors (Lipinski definition) is 3. The molecule has 2 aromatic rings. The van der Waals surface area contributed by atoms with Crippen molar-refractivity contribution >= 4 is 29.0 Å². The molecule has 0 saturated carbocycles. The fourth-order valence-electron chi connectivity index (χ4n) is 2.06. The molecule has 112 valence electrons. The third kappa shape index (κ3) is 4.60. The zero-order valence-electron chi connectivity index (χ0n) is 12.2. The Morgan fingerprint density at radius 1 is 1.14 bits per heavy atom. The molecule has 0 bridgehead atoms. The van der Waals surface area contributed by atoms with Crippen molar-refractivity contribution in [3.05, 3.63) is 57.7 Å². The van der Waals surface area contributed by atoms with E-state index in [1.54, 1.807) is 0 Å². The van der Waals surface area contributed by atoms with E-state index in [4.69, 9.17) is 23.2 Å². The maximum atomic E-state index is 6.34. The van der Waals surface area contributed by atoms with Crippen LogP contribution >= 0.6 is 23.2 Å². The summed E-state index contributed by atoms with van der Waals surface area (Å²) in [7, 11) is 1.98. The molecule has 0 saturated heterocycles. The van der Waals surface area contributed by atoms with Crippen molar-refractivity contribution < 1.29 is 0 Å². The lowest BCUT2D eigenvalue weighted by molar-refractivity contribution is 0.724. The third-order valence-corrected chi connectivity index (χ3v) is 3.68. The van der Waals surface area contributed by atoms with Gasteiger partial charge in [-0.2, -0.15) is 0 Å². The summed E-state index contributed by atoms with van der Waals surface area (Å²) in [5, 5.41) is 4.67. The summed E-state index contributed by atoms with van der Waals surface area (Å²) in [6.07, 6.45) is 1.86. The molecule has 0 aliphatic heterocycles. The summed E-state index contributed by atoms with van der Waals surface area (Å²) in [6.45, 7) is 4.51. The van der Waals surface area contributed by atoms with E-state index in [0.717, 1.165) is 41.6 Å². The maximum Gasteiger partial charge on any atom is 0.147 e. The first-order valence-corrected chi connectivity index (χ1v) is 7.66. The minimum atomic E-state index is 0.668. The second kappa shape index (κ2) is 7.64. The monoisotopic (exact) mass is 323 g/mol. The van der Waals surface area contributed by atoms with Crippen LogP contribution in [0.3, 0.4) is 0 Å². The molecule has 0 aliphatic carbocycles. The molecule has 0 atom stereocenters. The van der Waals surface area contributed by atoms with Crippen molar-refractivity contribution in [2.45, 2.75) is 20.0 Å². The first kappa shape index (κ1) is 16.1. The fraction of sp³-hybridized carbons (Fsp3) is 0.312. The van der Waals surface area contributed by atoms with Crippen LogP contribution < -0.4 is 10.2 Å². The minimum absolute atomic E-state index is 0.668. The molecule has 1 aromatic heterocycles. The Labute approximate surface area is 135 Å². The first-order chi connectivity index (χ1) is 10.1. The Morgan fingerprint density at radius 3 is 2.48 bits per heavy atom.